The fourth-order valence-corrected chi connectivity index (χ4v) is 2.01. The van der Waals surface area contributed by atoms with Crippen molar-refractivity contribution < 1.29 is 9.32 Å². The van der Waals surface area contributed by atoms with E-state index in [2.05, 4.69) is 10.5 Å². The van der Waals surface area contributed by atoms with Crippen molar-refractivity contribution in [2.24, 2.45) is 0 Å². The molecule has 2 aromatic rings. The highest BCUT2D eigenvalue weighted by molar-refractivity contribution is 6.00. The summed E-state index contributed by atoms with van der Waals surface area (Å²) in [5, 5.41) is 6.70. The second kappa shape index (κ2) is 5.14. The first-order valence-electron chi connectivity index (χ1n) is 6.05. The van der Waals surface area contributed by atoms with Crippen LogP contribution in [0.25, 0.3) is 0 Å². The number of rotatable bonds is 3. The van der Waals surface area contributed by atoms with Gasteiger partial charge in [-0.1, -0.05) is 17.3 Å². The molecule has 0 atom stereocenters. The average molecular weight is 259 g/mol. The number of hydrogen-bond donors (Lipinski definition) is 2. The van der Waals surface area contributed by atoms with E-state index >= 15 is 0 Å². The Kier molecular flexibility index (Phi) is 3.55. The van der Waals surface area contributed by atoms with E-state index in [1.54, 1.807) is 6.07 Å². The molecule has 1 amide bonds. The van der Waals surface area contributed by atoms with Gasteiger partial charge >= 0.3 is 0 Å². The summed E-state index contributed by atoms with van der Waals surface area (Å²) < 4.78 is 5.05. The third-order valence-electron chi connectivity index (χ3n) is 3.14. The third-order valence-corrected chi connectivity index (χ3v) is 3.14. The Bertz CT molecular complexity index is 577. The van der Waals surface area contributed by atoms with Crippen LogP contribution in [0.15, 0.2) is 22.7 Å². The van der Waals surface area contributed by atoms with Crippen LogP contribution in [0.1, 0.15) is 32.9 Å². The number of aryl methyl sites for hydroxylation is 3. The van der Waals surface area contributed by atoms with Crippen LogP contribution < -0.4 is 11.1 Å². The van der Waals surface area contributed by atoms with E-state index in [0.29, 0.717) is 17.8 Å². The molecule has 0 saturated carbocycles. The Morgan fingerprint density at radius 3 is 2.68 bits per heavy atom. The zero-order valence-corrected chi connectivity index (χ0v) is 11.3. The summed E-state index contributed by atoms with van der Waals surface area (Å²) in [6, 6.07) is 5.41. The van der Waals surface area contributed by atoms with Crippen LogP contribution in [0, 0.1) is 20.8 Å². The molecule has 0 aliphatic heterocycles. The molecule has 0 unspecified atom stereocenters. The van der Waals surface area contributed by atoms with Crippen LogP contribution >= 0.6 is 0 Å². The van der Waals surface area contributed by atoms with Crippen molar-refractivity contribution in [3.8, 4) is 0 Å². The van der Waals surface area contributed by atoms with E-state index in [1.165, 1.54) is 0 Å². The van der Waals surface area contributed by atoms with Crippen molar-refractivity contribution in [3.05, 3.63) is 46.3 Å². The molecule has 0 aliphatic rings. The molecule has 0 saturated heterocycles. The number of carbonyl (C=O) groups is 1. The van der Waals surface area contributed by atoms with Gasteiger partial charge in [0, 0.05) is 17.8 Å². The molecule has 1 heterocycles. The molecule has 3 N–H and O–H groups in total. The van der Waals surface area contributed by atoms with Gasteiger partial charge in [-0.25, -0.2) is 0 Å². The average Bonchev–Trinajstić information content (AvgIpc) is 2.66. The van der Waals surface area contributed by atoms with Crippen LogP contribution in [0.3, 0.4) is 0 Å². The number of amides is 1. The minimum absolute atomic E-state index is 0.185. The Morgan fingerprint density at radius 2 is 2.11 bits per heavy atom. The zero-order chi connectivity index (χ0) is 14.0. The third kappa shape index (κ3) is 2.59. The van der Waals surface area contributed by atoms with Gasteiger partial charge in [-0.3, -0.25) is 4.79 Å². The number of nitrogens with two attached hydrogens (primary N) is 1. The molecular weight excluding hydrogens is 242 g/mol. The standard InChI is InChI=1S/C14H17N3O2/c1-8-5-4-6-12(15)13(8)14(18)16-7-11-9(2)17-19-10(11)3/h4-6H,7,15H2,1-3H3,(H,16,18). The van der Waals surface area contributed by atoms with Crippen molar-refractivity contribution in [1.82, 2.24) is 10.5 Å². The second-order valence-electron chi connectivity index (χ2n) is 4.52. The SMILES string of the molecule is Cc1cccc(N)c1C(=O)NCc1c(C)noc1C. The van der Waals surface area contributed by atoms with Gasteiger partial charge in [0.1, 0.15) is 5.76 Å². The highest BCUT2D eigenvalue weighted by Crippen LogP contribution is 2.17. The molecule has 19 heavy (non-hydrogen) atoms. The van der Waals surface area contributed by atoms with Crippen molar-refractivity contribution >= 4 is 11.6 Å². The minimum atomic E-state index is -0.185. The van der Waals surface area contributed by atoms with Crippen molar-refractivity contribution in [1.29, 1.82) is 0 Å². The summed E-state index contributed by atoms with van der Waals surface area (Å²) in [5.74, 6) is 0.533. The number of aromatic nitrogens is 1. The van der Waals surface area contributed by atoms with Gasteiger partial charge in [0.15, 0.2) is 0 Å². The molecule has 0 radical (unpaired) electrons. The normalized spacial score (nSPS) is 10.5. The van der Waals surface area contributed by atoms with E-state index in [0.717, 1.165) is 22.6 Å². The predicted molar refractivity (Wildman–Crippen MR) is 72.7 cm³/mol. The first-order chi connectivity index (χ1) is 9.00. The molecule has 5 heteroatoms. The molecule has 0 aliphatic carbocycles. The fraction of sp³-hybridized carbons (Fsp3) is 0.286. The summed E-state index contributed by atoms with van der Waals surface area (Å²) in [7, 11) is 0. The van der Waals surface area contributed by atoms with Crippen molar-refractivity contribution in [3.63, 3.8) is 0 Å². The van der Waals surface area contributed by atoms with Crippen molar-refractivity contribution in [2.75, 3.05) is 5.73 Å². The maximum atomic E-state index is 12.2. The quantitative estimate of drug-likeness (QED) is 0.827. The number of nitrogens with one attached hydrogen (secondary N) is 1. The lowest BCUT2D eigenvalue weighted by Gasteiger charge is -2.09. The van der Waals surface area contributed by atoms with Crippen molar-refractivity contribution in [2.45, 2.75) is 27.3 Å². The minimum Gasteiger partial charge on any atom is -0.398 e. The van der Waals surface area contributed by atoms with E-state index in [-0.39, 0.29) is 5.91 Å². The maximum absolute atomic E-state index is 12.2. The molecule has 0 spiro atoms. The first-order valence-corrected chi connectivity index (χ1v) is 6.05. The van der Waals surface area contributed by atoms with Gasteiger partial charge in [0.05, 0.1) is 11.3 Å². The monoisotopic (exact) mass is 259 g/mol. The Balaban J connectivity index is 2.15. The second-order valence-corrected chi connectivity index (χ2v) is 4.52. The molecule has 1 aromatic heterocycles. The van der Waals surface area contributed by atoms with Gasteiger partial charge in [-0.2, -0.15) is 0 Å². The fourth-order valence-electron chi connectivity index (χ4n) is 2.01. The smallest absolute Gasteiger partial charge is 0.253 e. The summed E-state index contributed by atoms with van der Waals surface area (Å²) in [5.41, 5.74) is 9.39. The summed E-state index contributed by atoms with van der Waals surface area (Å²) in [6.07, 6.45) is 0. The number of nitrogens with zero attached hydrogens (tertiary/aromatic N) is 1. The maximum Gasteiger partial charge on any atom is 0.253 e. The summed E-state index contributed by atoms with van der Waals surface area (Å²) in [4.78, 5) is 12.2. The highest BCUT2D eigenvalue weighted by Gasteiger charge is 2.14. The number of anilines is 1. The van der Waals surface area contributed by atoms with Gasteiger partial charge in [-0.15, -0.1) is 0 Å². The number of hydrogen-bond acceptors (Lipinski definition) is 4. The van der Waals surface area contributed by atoms with E-state index in [1.807, 2.05) is 32.9 Å². The van der Waals surface area contributed by atoms with Crippen LogP contribution in [-0.2, 0) is 6.54 Å². The van der Waals surface area contributed by atoms with E-state index < -0.39 is 0 Å². The topological polar surface area (TPSA) is 81.2 Å². The number of benzene rings is 1. The van der Waals surface area contributed by atoms with Gasteiger partial charge < -0.3 is 15.6 Å². The number of carbonyl (C=O) groups excluding carboxylic acids is 1. The molecule has 5 nitrogen and oxygen atoms in total. The van der Waals surface area contributed by atoms with E-state index in [4.69, 9.17) is 10.3 Å². The predicted octanol–water partition coefficient (Wildman–Crippen LogP) is 2.11. The van der Waals surface area contributed by atoms with Gasteiger partial charge in [-0.05, 0) is 32.4 Å². The highest BCUT2D eigenvalue weighted by atomic mass is 16.5. The lowest BCUT2D eigenvalue weighted by Crippen LogP contribution is -2.25. The lowest BCUT2D eigenvalue weighted by molar-refractivity contribution is 0.0951. The largest absolute Gasteiger partial charge is 0.398 e. The molecule has 0 bridgehead atoms. The van der Waals surface area contributed by atoms with Gasteiger partial charge in [0.25, 0.3) is 5.91 Å². The summed E-state index contributed by atoms with van der Waals surface area (Å²) in [6.45, 7) is 5.92. The molecular formula is C14H17N3O2. The van der Waals surface area contributed by atoms with Crippen LogP contribution in [0.4, 0.5) is 5.69 Å². The van der Waals surface area contributed by atoms with Crippen LogP contribution in [-0.4, -0.2) is 11.1 Å². The summed E-state index contributed by atoms with van der Waals surface area (Å²) >= 11 is 0. The number of nitrogen functional groups attached to an aromatic ring is 1. The molecule has 2 rings (SSSR count). The molecule has 100 valence electrons. The van der Waals surface area contributed by atoms with E-state index in [9.17, 15) is 4.79 Å². The molecule has 0 fully saturated rings. The Hall–Kier alpha value is -2.30. The lowest BCUT2D eigenvalue weighted by atomic mass is 10.1. The van der Waals surface area contributed by atoms with Crippen LogP contribution in [0.2, 0.25) is 0 Å². The zero-order valence-electron chi connectivity index (χ0n) is 11.3. The van der Waals surface area contributed by atoms with Crippen LogP contribution in [0.5, 0.6) is 0 Å². The van der Waals surface area contributed by atoms with Gasteiger partial charge in [0.2, 0.25) is 0 Å². The first kappa shape index (κ1) is 13.1. The molecule has 1 aromatic carbocycles. The Morgan fingerprint density at radius 1 is 1.37 bits per heavy atom. The Labute approximate surface area is 111 Å².